The molecule has 0 spiro atoms. The van der Waals surface area contributed by atoms with Crippen molar-refractivity contribution in [2.75, 3.05) is 0 Å². The molecule has 0 bridgehead atoms. The second kappa shape index (κ2) is 9.94. The lowest BCUT2D eigenvalue weighted by atomic mass is 9.86. The Balaban J connectivity index is 1.22. The van der Waals surface area contributed by atoms with E-state index < -0.39 is 0 Å². The first-order valence-corrected chi connectivity index (χ1v) is 17.7. The fourth-order valence-electron chi connectivity index (χ4n) is 9.05. The van der Waals surface area contributed by atoms with Gasteiger partial charge in [0.25, 0.3) is 0 Å². The summed E-state index contributed by atoms with van der Waals surface area (Å²) >= 11 is 0. The monoisotopic (exact) mass is 644 g/mol. The molecule has 234 valence electrons. The summed E-state index contributed by atoms with van der Waals surface area (Å²) < 4.78 is 6.85. The summed E-state index contributed by atoms with van der Waals surface area (Å²) in [6, 6.07) is 62.7. The van der Waals surface area contributed by atoms with Crippen molar-refractivity contribution in [2.24, 2.45) is 0 Å². The van der Waals surface area contributed by atoms with Crippen molar-refractivity contribution in [1.82, 2.24) is 0 Å². The summed E-state index contributed by atoms with van der Waals surface area (Å²) in [5, 5.41) is 20.0. The summed E-state index contributed by atoms with van der Waals surface area (Å²) in [7, 11) is 0. The number of furan rings is 1. The largest absolute Gasteiger partial charge is 0.456 e. The molecule has 1 heteroatoms. The highest BCUT2D eigenvalue weighted by molar-refractivity contribution is 6.28. The average Bonchev–Trinajstić information content (AvgIpc) is 3.55. The summed E-state index contributed by atoms with van der Waals surface area (Å²) in [5.41, 5.74) is 6.58. The molecule has 0 atom stereocenters. The van der Waals surface area contributed by atoms with Crippen LogP contribution in [0, 0.1) is 0 Å². The summed E-state index contributed by atoms with van der Waals surface area (Å²) in [6.45, 7) is 0. The molecule has 12 aromatic rings. The highest BCUT2D eigenvalue weighted by Crippen LogP contribution is 2.46. The molecule has 12 rings (SSSR count). The van der Waals surface area contributed by atoms with E-state index >= 15 is 0 Å². The maximum atomic E-state index is 6.85. The topological polar surface area (TPSA) is 13.1 Å². The van der Waals surface area contributed by atoms with Crippen LogP contribution in [0.3, 0.4) is 0 Å². The third-order valence-corrected chi connectivity index (χ3v) is 11.3. The molecule has 0 saturated carbocycles. The predicted molar refractivity (Wildman–Crippen MR) is 218 cm³/mol. The Morgan fingerprint density at radius 1 is 0.255 bits per heavy atom. The van der Waals surface area contributed by atoms with E-state index in [1.54, 1.807) is 0 Å². The highest BCUT2D eigenvalue weighted by atomic mass is 16.3. The van der Waals surface area contributed by atoms with Gasteiger partial charge in [-0.05, 0) is 122 Å². The number of fused-ring (bicyclic) bond motifs is 9. The molecule has 11 aromatic carbocycles. The van der Waals surface area contributed by atoms with E-state index in [1.807, 2.05) is 0 Å². The van der Waals surface area contributed by atoms with Crippen LogP contribution in [-0.4, -0.2) is 0 Å². The maximum absolute atomic E-state index is 6.85. The van der Waals surface area contributed by atoms with E-state index in [9.17, 15) is 0 Å². The Bertz CT molecular complexity index is 3400. The molecule has 0 unspecified atom stereocenters. The fraction of sp³-hybridized carbons (Fsp3) is 0. The van der Waals surface area contributed by atoms with Crippen LogP contribution >= 0.6 is 0 Å². The van der Waals surface area contributed by atoms with E-state index in [2.05, 4.69) is 170 Å². The predicted octanol–water partition coefficient (Wildman–Crippen LogP) is 14.4. The molecular formula is C50H28O. The lowest BCUT2D eigenvalue weighted by Gasteiger charge is -2.16. The van der Waals surface area contributed by atoms with Gasteiger partial charge >= 0.3 is 0 Å². The number of hydrogen-bond acceptors (Lipinski definition) is 1. The van der Waals surface area contributed by atoms with Gasteiger partial charge in [-0.3, -0.25) is 0 Å². The number of benzene rings is 11. The molecular weight excluding hydrogens is 617 g/mol. The highest BCUT2D eigenvalue weighted by Gasteiger charge is 2.20. The smallest absolute Gasteiger partial charge is 0.136 e. The van der Waals surface area contributed by atoms with E-state index in [0.717, 1.165) is 27.5 Å². The first-order chi connectivity index (χ1) is 25.3. The lowest BCUT2D eigenvalue weighted by Crippen LogP contribution is -1.90. The van der Waals surface area contributed by atoms with Crippen molar-refractivity contribution < 1.29 is 4.42 Å². The minimum Gasteiger partial charge on any atom is -0.456 e. The van der Waals surface area contributed by atoms with Crippen LogP contribution in [0.4, 0.5) is 0 Å². The van der Waals surface area contributed by atoms with Crippen LogP contribution in [0.1, 0.15) is 0 Å². The Morgan fingerprint density at radius 3 is 1.71 bits per heavy atom. The molecule has 0 radical (unpaired) electrons. The van der Waals surface area contributed by atoms with Crippen LogP contribution in [0.2, 0.25) is 0 Å². The minimum atomic E-state index is 0.904. The van der Waals surface area contributed by atoms with Crippen molar-refractivity contribution >= 4 is 97.3 Å². The van der Waals surface area contributed by atoms with Crippen molar-refractivity contribution in [3.8, 4) is 22.3 Å². The Morgan fingerprint density at radius 2 is 0.863 bits per heavy atom. The van der Waals surface area contributed by atoms with Crippen molar-refractivity contribution in [3.05, 3.63) is 170 Å². The quantitative estimate of drug-likeness (QED) is 0.171. The van der Waals surface area contributed by atoms with Gasteiger partial charge in [-0.25, -0.2) is 0 Å². The van der Waals surface area contributed by atoms with Crippen LogP contribution in [-0.2, 0) is 0 Å². The van der Waals surface area contributed by atoms with Gasteiger partial charge in [-0.15, -0.1) is 0 Å². The first kappa shape index (κ1) is 27.2. The summed E-state index contributed by atoms with van der Waals surface area (Å²) in [5.74, 6) is 0. The molecule has 1 aromatic heterocycles. The van der Waals surface area contributed by atoms with Crippen molar-refractivity contribution in [3.63, 3.8) is 0 Å². The van der Waals surface area contributed by atoms with Crippen molar-refractivity contribution in [2.45, 2.75) is 0 Å². The molecule has 0 aliphatic carbocycles. The molecule has 0 amide bonds. The molecule has 0 aliphatic rings. The standard InChI is InChI=1S/C50H28O/c1-2-9-35-27-45-44(25-34(35)8-1)50-43(40-23-20-33-18-17-30-10-5-11-31-21-24-42(40)49(33)47(30)31)26-36(28-46(50)51-45)37-13-6-14-41-39(37)22-19-32-16-15-29-7-3-4-12-38(29)48(32)41/h1-28H. The fourth-order valence-corrected chi connectivity index (χ4v) is 9.05. The van der Waals surface area contributed by atoms with Crippen molar-refractivity contribution in [1.29, 1.82) is 0 Å². The van der Waals surface area contributed by atoms with Gasteiger partial charge in [0.2, 0.25) is 0 Å². The molecule has 0 N–H and O–H groups in total. The molecule has 51 heavy (non-hydrogen) atoms. The third kappa shape index (κ3) is 3.75. The van der Waals surface area contributed by atoms with Gasteiger partial charge in [0, 0.05) is 10.8 Å². The third-order valence-electron chi connectivity index (χ3n) is 11.3. The number of rotatable bonds is 2. The Labute approximate surface area is 292 Å². The van der Waals surface area contributed by atoms with E-state index in [-0.39, 0.29) is 0 Å². The van der Waals surface area contributed by atoms with Gasteiger partial charge in [0.15, 0.2) is 0 Å². The molecule has 0 fully saturated rings. The summed E-state index contributed by atoms with van der Waals surface area (Å²) in [6.07, 6.45) is 0. The van der Waals surface area contributed by atoms with Crippen LogP contribution in [0.15, 0.2) is 174 Å². The Hall–Kier alpha value is -6.70. The number of hydrogen-bond donors (Lipinski definition) is 0. The van der Waals surface area contributed by atoms with Crippen LogP contribution in [0.25, 0.3) is 120 Å². The second-order valence-corrected chi connectivity index (χ2v) is 14.0. The van der Waals surface area contributed by atoms with Gasteiger partial charge < -0.3 is 4.42 Å². The van der Waals surface area contributed by atoms with E-state index in [1.165, 1.54) is 92.1 Å². The van der Waals surface area contributed by atoms with Crippen LogP contribution in [0.5, 0.6) is 0 Å². The molecule has 0 aliphatic heterocycles. The normalized spacial score (nSPS) is 12.3. The zero-order chi connectivity index (χ0) is 33.2. The SMILES string of the molecule is c1ccc2cc3c(cc2c1)oc1cc(-c2cccc4c2ccc2ccc5ccccc5c24)cc(-c2ccc4ccc5cccc6ccc2c4c56)c13. The lowest BCUT2D eigenvalue weighted by molar-refractivity contribution is 0.669. The van der Waals surface area contributed by atoms with Crippen LogP contribution < -0.4 is 0 Å². The van der Waals surface area contributed by atoms with Gasteiger partial charge in [-0.1, -0.05) is 146 Å². The zero-order valence-electron chi connectivity index (χ0n) is 27.6. The minimum absolute atomic E-state index is 0.904. The van der Waals surface area contributed by atoms with Gasteiger partial charge in [0.05, 0.1) is 0 Å². The first-order valence-electron chi connectivity index (χ1n) is 17.7. The van der Waals surface area contributed by atoms with Gasteiger partial charge in [-0.2, -0.15) is 0 Å². The summed E-state index contributed by atoms with van der Waals surface area (Å²) in [4.78, 5) is 0. The molecule has 1 heterocycles. The van der Waals surface area contributed by atoms with E-state index in [4.69, 9.17) is 4.42 Å². The zero-order valence-corrected chi connectivity index (χ0v) is 27.6. The maximum Gasteiger partial charge on any atom is 0.136 e. The average molecular weight is 645 g/mol. The van der Waals surface area contributed by atoms with Gasteiger partial charge in [0.1, 0.15) is 11.2 Å². The molecule has 1 nitrogen and oxygen atoms in total. The molecule has 0 saturated heterocycles. The Kier molecular flexibility index (Phi) is 5.29. The van der Waals surface area contributed by atoms with E-state index in [0.29, 0.717) is 0 Å². The second-order valence-electron chi connectivity index (χ2n) is 14.0.